The van der Waals surface area contributed by atoms with E-state index in [0.29, 0.717) is 35.0 Å². The van der Waals surface area contributed by atoms with Crippen molar-refractivity contribution in [3.8, 4) is 23.3 Å². The molecule has 5 nitrogen and oxygen atoms in total. The zero-order valence-corrected chi connectivity index (χ0v) is 15.2. The number of rotatable bonds is 7. The van der Waals surface area contributed by atoms with Gasteiger partial charge in [-0.1, -0.05) is 43.7 Å². The standard InChI is InChI=1S/C22H21N3O2/c1-2-3-14-24-22(26)21-17(16-23)13-15-25(21)19-11-7-8-12-20(19)27-18-9-5-4-6-10-18/h4-13,15H,2-3,14H2,1H3,(H,24,26). The molecule has 0 saturated heterocycles. The molecule has 0 aliphatic rings. The molecule has 0 saturated carbocycles. The van der Waals surface area contributed by atoms with Crippen LogP contribution in [0.1, 0.15) is 35.8 Å². The SMILES string of the molecule is CCCCNC(=O)c1c(C#N)ccn1-c1ccccc1Oc1ccccc1. The van der Waals surface area contributed by atoms with Gasteiger partial charge in [0.2, 0.25) is 0 Å². The van der Waals surface area contributed by atoms with Gasteiger partial charge in [0.25, 0.3) is 5.91 Å². The van der Waals surface area contributed by atoms with Gasteiger partial charge in [-0.2, -0.15) is 5.26 Å². The van der Waals surface area contributed by atoms with Gasteiger partial charge in [-0.3, -0.25) is 4.79 Å². The van der Waals surface area contributed by atoms with Crippen LogP contribution in [0.4, 0.5) is 0 Å². The first-order valence-electron chi connectivity index (χ1n) is 8.96. The van der Waals surface area contributed by atoms with E-state index in [1.54, 1.807) is 16.8 Å². The lowest BCUT2D eigenvalue weighted by molar-refractivity contribution is 0.0946. The van der Waals surface area contributed by atoms with Crippen molar-refractivity contribution in [2.45, 2.75) is 19.8 Å². The van der Waals surface area contributed by atoms with E-state index in [4.69, 9.17) is 4.74 Å². The molecule has 0 radical (unpaired) electrons. The Kier molecular flexibility index (Phi) is 5.91. The predicted molar refractivity (Wildman–Crippen MR) is 104 cm³/mol. The summed E-state index contributed by atoms with van der Waals surface area (Å²) in [6.07, 6.45) is 3.60. The molecule has 5 heteroatoms. The molecule has 0 unspecified atom stereocenters. The molecule has 0 aliphatic heterocycles. The quantitative estimate of drug-likeness (QED) is 0.623. The van der Waals surface area contributed by atoms with Gasteiger partial charge in [0.05, 0.1) is 11.3 Å². The van der Waals surface area contributed by atoms with E-state index in [1.165, 1.54) is 0 Å². The van der Waals surface area contributed by atoms with Crippen molar-refractivity contribution in [3.05, 3.63) is 78.1 Å². The zero-order valence-electron chi connectivity index (χ0n) is 15.2. The average Bonchev–Trinajstić information content (AvgIpc) is 3.13. The van der Waals surface area contributed by atoms with Gasteiger partial charge >= 0.3 is 0 Å². The maximum atomic E-state index is 12.7. The second-order valence-electron chi connectivity index (χ2n) is 6.05. The van der Waals surface area contributed by atoms with Gasteiger partial charge in [-0.25, -0.2) is 0 Å². The molecular formula is C22H21N3O2. The number of nitrogens with zero attached hydrogens (tertiary/aromatic N) is 2. The molecule has 0 spiro atoms. The lowest BCUT2D eigenvalue weighted by Gasteiger charge is -2.15. The molecule has 0 atom stereocenters. The maximum Gasteiger partial charge on any atom is 0.269 e. The number of nitriles is 1. The number of ether oxygens (including phenoxy) is 1. The Morgan fingerprint density at radius 1 is 1.11 bits per heavy atom. The van der Waals surface area contributed by atoms with E-state index < -0.39 is 0 Å². The summed E-state index contributed by atoms with van der Waals surface area (Å²) < 4.78 is 7.71. The summed E-state index contributed by atoms with van der Waals surface area (Å²) in [7, 11) is 0. The van der Waals surface area contributed by atoms with Gasteiger partial charge in [0.15, 0.2) is 5.75 Å². The third-order valence-electron chi connectivity index (χ3n) is 4.13. The molecule has 2 aromatic carbocycles. The Hall–Kier alpha value is -3.52. The Bertz CT molecular complexity index is 955. The van der Waals surface area contributed by atoms with Crippen molar-refractivity contribution in [1.82, 2.24) is 9.88 Å². The van der Waals surface area contributed by atoms with E-state index in [9.17, 15) is 10.1 Å². The molecule has 1 heterocycles. The minimum Gasteiger partial charge on any atom is -0.455 e. The first kappa shape index (κ1) is 18.3. The van der Waals surface area contributed by atoms with Crippen LogP contribution in [0.5, 0.6) is 11.5 Å². The molecule has 27 heavy (non-hydrogen) atoms. The summed E-state index contributed by atoms with van der Waals surface area (Å²) in [5.41, 5.74) is 1.35. The molecule has 1 aromatic heterocycles. The first-order valence-corrected chi connectivity index (χ1v) is 8.96. The van der Waals surface area contributed by atoms with Crippen molar-refractivity contribution < 1.29 is 9.53 Å². The molecule has 136 valence electrons. The Balaban J connectivity index is 1.99. The van der Waals surface area contributed by atoms with Crippen LogP contribution in [0.3, 0.4) is 0 Å². The van der Waals surface area contributed by atoms with E-state index in [2.05, 4.69) is 18.3 Å². The van der Waals surface area contributed by atoms with Crippen molar-refractivity contribution in [3.63, 3.8) is 0 Å². The lowest BCUT2D eigenvalue weighted by Crippen LogP contribution is -2.27. The monoisotopic (exact) mass is 359 g/mol. The number of unbranched alkanes of at least 4 members (excludes halogenated alkanes) is 1. The Morgan fingerprint density at radius 3 is 2.59 bits per heavy atom. The fraction of sp³-hybridized carbons (Fsp3) is 0.182. The smallest absolute Gasteiger partial charge is 0.269 e. The van der Waals surface area contributed by atoms with Crippen molar-refractivity contribution in [2.75, 3.05) is 6.54 Å². The van der Waals surface area contributed by atoms with Gasteiger partial charge in [-0.05, 0) is 36.8 Å². The summed E-state index contributed by atoms with van der Waals surface area (Å²) in [5.74, 6) is 1.04. The molecule has 0 bridgehead atoms. The highest BCUT2D eigenvalue weighted by Gasteiger charge is 2.20. The fourth-order valence-corrected chi connectivity index (χ4v) is 2.78. The summed E-state index contributed by atoms with van der Waals surface area (Å²) in [6, 6.07) is 20.6. The first-order chi connectivity index (χ1) is 13.2. The van der Waals surface area contributed by atoms with Crippen LogP contribution in [-0.4, -0.2) is 17.0 Å². The van der Waals surface area contributed by atoms with E-state index in [1.807, 2.05) is 54.6 Å². The number of carbonyl (C=O) groups is 1. The number of hydrogen-bond donors (Lipinski definition) is 1. The third-order valence-corrected chi connectivity index (χ3v) is 4.13. The van der Waals surface area contributed by atoms with Crippen molar-refractivity contribution in [2.24, 2.45) is 0 Å². The van der Waals surface area contributed by atoms with Crippen LogP contribution in [0, 0.1) is 11.3 Å². The van der Waals surface area contributed by atoms with Crippen LogP contribution < -0.4 is 10.1 Å². The zero-order chi connectivity index (χ0) is 19.1. The topological polar surface area (TPSA) is 67.0 Å². The largest absolute Gasteiger partial charge is 0.455 e. The molecule has 1 amide bonds. The molecule has 0 aliphatic carbocycles. The van der Waals surface area contributed by atoms with Crippen LogP contribution in [-0.2, 0) is 0 Å². The molecule has 3 aromatic rings. The highest BCUT2D eigenvalue weighted by atomic mass is 16.5. The molecular weight excluding hydrogens is 338 g/mol. The minimum absolute atomic E-state index is 0.264. The fourth-order valence-electron chi connectivity index (χ4n) is 2.78. The highest BCUT2D eigenvalue weighted by Crippen LogP contribution is 2.30. The molecule has 1 N–H and O–H groups in total. The number of amides is 1. The van der Waals surface area contributed by atoms with Crippen molar-refractivity contribution in [1.29, 1.82) is 5.26 Å². The number of benzene rings is 2. The Morgan fingerprint density at radius 2 is 1.85 bits per heavy atom. The lowest BCUT2D eigenvalue weighted by atomic mass is 10.2. The minimum atomic E-state index is -0.264. The van der Waals surface area contributed by atoms with Crippen LogP contribution >= 0.6 is 0 Å². The third kappa shape index (κ3) is 4.18. The predicted octanol–water partition coefficient (Wildman–Crippen LogP) is 4.67. The normalized spacial score (nSPS) is 10.2. The van der Waals surface area contributed by atoms with Crippen molar-refractivity contribution >= 4 is 5.91 Å². The number of aromatic nitrogens is 1. The maximum absolute atomic E-state index is 12.7. The number of carbonyl (C=O) groups excluding carboxylic acids is 1. The summed E-state index contributed by atoms with van der Waals surface area (Å²) in [4.78, 5) is 12.7. The van der Waals surface area contributed by atoms with Crippen LogP contribution in [0.2, 0.25) is 0 Å². The number of hydrogen-bond acceptors (Lipinski definition) is 3. The molecule has 3 rings (SSSR count). The average molecular weight is 359 g/mol. The number of para-hydroxylation sites is 3. The molecule has 0 fully saturated rings. The van der Waals surface area contributed by atoms with Gasteiger partial charge in [-0.15, -0.1) is 0 Å². The summed E-state index contributed by atoms with van der Waals surface area (Å²) in [5, 5.41) is 12.3. The van der Waals surface area contributed by atoms with Gasteiger partial charge in [0, 0.05) is 12.7 Å². The van der Waals surface area contributed by atoms with E-state index in [0.717, 1.165) is 12.8 Å². The Labute approximate surface area is 158 Å². The second-order valence-corrected chi connectivity index (χ2v) is 6.05. The van der Waals surface area contributed by atoms with E-state index in [-0.39, 0.29) is 5.91 Å². The van der Waals surface area contributed by atoms with Crippen LogP contribution in [0.25, 0.3) is 5.69 Å². The number of nitrogens with one attached hydrogen (secondary N) is 1. The second kappa shape index (κ2) is 8.72. The van der Waals surface area contributed by atoms with Gasteiger partial charge in [0.1, 0.15) is 17.5 Å². The van der Waals surface area contributed by atoms with E-state index >= 15 is 0 Å². The van der Waals surface area contributed by atoms with Gasteiger partial charge < -0.3 is 14.6 Å². The summed E-state index contributed by atoms with van der Waals surface area (Å²) >= 11 is 0. The highest BCUT2D eigenvalue weighted by molar-refractivity contribution is 5.96. The van der Waals surface area contributed by atoms with Crippen LogP contribution in [0.15, 0.2) is 66.9 Å². The summed E-state index contributed by atoms with van der Waals surface area (Å²) in [6.45, 7) is 2.64.